The number of ether oxygens (including phenoxy) is 2. The molecule has 0 aromatic heterocycles. The minimum atomic E-state index is -0.636. The standard InChI is InChI=1S/C18H28N2O3/c1-22-15-10-6-9-14(12-15)20-18(21)17(23-2)16(19)11-13-7-4-3-5-8-13/h6,9-10,12-13,16-17H,3-5,7-8,11,19H2,1-2H3,(H,20,21). The maximum absolute atomic E-state index is 12.5. The normalized spacial score (nSPS) is 18.2. The van der Waals surface area contributed by atoms with Crippen molar-refractivity contribution in [1.29, 1.82) is 0 Å². The summed E-state index contributed by atoms with van der Waals surface area (Å²) in [6.45, 7) is 0. The molecule has 1 aromatic rings. The van der Waals surface area contributed by atoms with Crippen molar-refractivity contribution >= 4 is 11.6 Å². The molecule has 0 bridgehead atoms. The fraction of sp³-hybridized carbons (Fsp3) is 0.611. The number of methoxy groups -OCH3 is 2. The summed E-state index contributed by atoms with van der Waals surface area (Å²) in [5, 5.41) is 2.86. The van der Waals surface area contributed by atoms with E-state index in [0.717, 1.165) is 6.42 Å². The van der Waals surface area contributed by atoms with Crippen LogP contribution in [-0.2, 0) is 9.53 Å². The number of hydrogen-bond donors (Lipinski definition) is 2. The Morgan fingerprint density at radius 2 is 2.04 bits per heavy atom. The number of nitrogens with two attached hydrogens (primary N) is 1. The van der Waals surface area contributed by atoms with Gasteiger partial charge in [-0.3, -0.25) is 4.79 Å². The molecule has 128 valence electrons. The fourth-order valence-corrected chi connectivity index (χ4v) is 3.32. The summed E-state index contributed by atoms with van der Waals surface area (Å²) >= 11 is 0. The van der Waals surface area contributed by atoms with Gasteiger partial charge in [0.15, 0.2) is 6.10 Å². The largest absolute Gasteiger partial charge is 0.497 e. The second kappa shape index (κ2) is 8.89. The van der Waals surface area contributed by atoms with Crippen molar-refractivity contribution in [2.45, 2.75) is 50.7 Å². The van der Waals surface area contributed by atoms with Gasteiger partial charge in [0.1, 0.15) is 5.75 Å². The molecule has 2 unspecified atom stereocenters. The van der Waals surface area contributed by atoms with E-state index in [1.807, 2.05) is 18.2 Å². The molecule has 0 heterocycles. The first-order chi connectivity index (χ1) is 11.1. The molecule has 2 rings (SSSR count). The van der Waals surface area contributed by atoms with Crippen molar-refractivity contribution in [2.75, 3.05) is 19.5 Å². The molecular weight excluding hydrogens is 292 g/mol. The van der Waals surface area contributed by atoms with Crippen LogP contribution in [0.4, 0.5) is 5.69 Å². The van der Waals surface area contributed by atoms with Crippen LogP contribution in [-0.4, -0.2) is 32.3 Å². The molecule has 1 aromatic carbocycles. The topological polar surface area (TPSA) is 73.6 Å². The summed E-state index contributed by atoms with van der Waals surface area (Å²) in [4.78, 5) is 12.5. The van der Waals surface area contributed by atoms with Crippen molar-refractivity contribution in [1.82, 2.24) is 0 Å². The predicted molar refractivity (Wildman–Crippen MR) is 91.6 cm³/mol. The highest BCUT2D eigenvalue weighted by molar-refractivity contribution is 5.94. The molecule has 1 fully saturated rings. The van der Waals surface area contributed by atoms with E-state index in [1.165, 1.54) is 39.2 Å². The van der Waals surface area contributed by atoms with Gasteiger partial charge in [0.25, 0.3) is 5.91 Å². The summed E-state index contributed by atoms with van der Waals surface area (Å²) in [6, 6.07) is 6.97. The van der Waals surface area contributed by atoms with Gasteiger partial charge < -0.3 is 20.5 Å². The zero-order chi connectivity index (χ0) is 16.7. The Hall–Kier alpha value is -1.59. The van der Waals surface area contributed by atoms with E-state index in [9.17, 15) is 4.79 Å². The highest BCUT2D eigenvalue weighted by Crippen LogP contribution is 2.28. The third-order valence-electron chi connectivity index (χ3n) is 4.57. The molecule has 1 amide bonds. The Bertz CT molecular complexity index is 501. The SMILES string of the molecule is COc1cccc(NC(=O)C(OC)C(N)CC2CCCCC2)c1. The lowest BCUT2D eigenvalue weighted by Crippen LogP contribution is -2.45. The zero-order valence-electron chi connectivity index (χ0n) is 14.1. The van der Waals surface area contributed by atoms with Gasteiger partial charge in [0, 0.05) is 24.9 Å². The van der Waals surface area contributed by atoms with E-state index >= 15 is 0 Å². The lowest BCUT2D eigenvalue weighted by atomic mass is 9.84. The van der Waals surface area contributed by atoms with Gasteiger partial charge in [0.05, 0.1) is 7.11 Å². The summed E-state index contributed by atoms with van der Waals surface area (Å²) < 4.78 is 10.5. The average Bonchev–Trinajstić information content (AvgIpc) is 2.56. The van der Waals surface area contributed by atoms with Gasteiger partial charge in [-0.05, 0) is 24.5 Å². The Labute approximate surface area is 138 Å². The molecular formula is C18H28N2O3. The smallest absolute Gasteiger partial charge is 0.255 e. The monoisotopic (exact) mass is 320 g/mol. The third-order valence-corrected chi connectivity index (χ3v) is 4.57. The Morgan fingerprint density at radius 3 is 2.70 bits per heavy atom. The Morgan fingerprint density at radius 1 is 1.30 bits per heavy atom. The van der Waals surface area contributed by atoms with E-state index in [0.29, 0.717) is 17.4 Å². The van der Waals surface area contributed by atoms with Crippen LogP contribution in [0.3, 0.4) is 0 Å². The van der Waals surface area contributed by atoms with Gasteiger partial charge in [-0.25, -0.2) is 0 Å². The van der Waals surface area contributed by atoms with Gasteiger partial charge >= 0.3 is 0 Å². The van der Waals surface area contributed by atoms with Crippen LogP contribution in [0.5, 0.6) is 5.75 Å². The van der Waals surface area contributed by atoms with Gasteiger partial charge in [-0.1, -0.05) is 38.2 Å². The van der Waals surface area contributed by atoms with E-state index in [4.69, 9.17) is 15.2 Å². The van der Waals surface area contributed by atoms with E-state index in [-0.39, 0.29) is 11.9 Å². The lowest BCUT2D eigenvalue weighted by Gasteiger charge is -2.28. The second-order valence-corrected chi connectivity index (χ2v) is 6.28. The Balaban J connectivity index is 1.93. The molecule has 1 saturated carbocycles. The van der Waals surface area contributed by atoms with Crippen molar-refractivity contribution in [3.63, 3.8) is 0 Å². The predicted octanol–water partition coefficient (Wildman–Crippen LogP) is 2.95. The minimum Gasteiger partial charge on any atom is -0.497 e. The maximum Gasteiger partial charge on any atom is 0.255 e. The molecule has 0 aliphatic heterocycles. The van der Waals surface area contributed by atoms with Crippen LogP contribution in [0.25, 0.3) is 0 Å². The molecule has 23 heavy (non-hydrogen) atoms. The molecule has 1 aliphatic rings. The Kier molecular flexibility index (Phi) is 6.86. The fourth-order valence-electron chi connectivity index (χ4n) is 3.32. The van der Waals surface area contributed by atoms with Crippen LogP contribution in [0, 0.1) is 5.92 Å². The highest BCUT2D eigenvalue weighted by atomic mass is 16.5. The first-order valence-electron chi connectivity index (χ1n) is 8.37. The molecule has 5 heteroatoms. The van der Waals surface area contributed by atoms with Crippen molar-refractivity contribution in [3.05, 3.63) is 24.3 Å². The molecule has 1 aliphatic carbocycles. The molecule has 0 saturated heterocycles. The van der Waals surface area contributed by atoms with Gasteiger partial charge in [-0.15, -0.1) is 0 Å². The highest BCUT2D eigenvalue weighted by Gasteiger charge is 2.28. The number of nitrogens with one attached hydrogen (secondary N) is 1. The molecule has 0 radical (unpaired) electrons. The molecule has 2 atom stereocenters. The van der Waals surface area contributed by atoms with Crippen molar-refractivity contribution < 1.29 is 14.3 Å². The number of carbonyl (C=O) groups excluding carboxylic acids is 1. The van der Waals surface area contributed by atoms with E-state index < -0.39 is 6.10 Å². The summed E-state index contributed by atoms with van der Waals surface area (Å²) in [7, 11) is 3.13. The van der Waals surface area contributed by atoms with Gasteiger partial charge in [0.2, 0.25) is 0 Å². The summed E-state index contributed by atoms with van der Waals surface area (Å²) in [5.41, 5.74) is 6.94. The number of carbonyl (C=O) groups is 1. The minimum absolute atomic E-state index is 0.205. The zero-order valence-corrected chi connectivity index (χ0v) is 14.1. The quantitative estimate of drug-likeness (QED) is 0.810. The van der Waals surface area contributed by atoms with Crippen LogP contribution in [0.2, 0.25) is 0 Å². The second-order valence-electron chi connectivity index (χ2n) is 6.28. The van der Waals surface area contributed by atoms with Crippen LogP contribution < -0.4 is 15.8 Å². The first kappa shape index (κ1) is 17.8. The maximum atomic E-state index is 12.5. The summed E-state index contributed by atoms with van der Waals surface area (Å²) in [5.74, 6) is 1.10. The summed E-state index contributed by atoms with van der Waals surface area (Å²) in [6.07, 6.45) is 6.47. The molecule has 5 nitrogen and oxygen atoms in total. The van der Waals surface area contributed by atoms with Crippen molar-refractivity contribution in [2.24, 2.45) is 11.7 Å². The van der Waals surface area contributed by atoms with E-state index in [1.54, 1.807) is 13.2 Å². The van der Waals surface area contributed by atoms with Crippen LogP contribution >= 0.6 is 0 Å². The number of amides is 1. The average molecular weight is 320 g/mol. The number of rotatable bonds is 7. The van der Waals surface area contributed by atoms with Crippen molar-refractivity contribution in [3.8, 4) is 5.75 Å². The lowest BCUT2D eigenvalue weighted by molar-refractivity contribution is -0.127. The van der Waals surface area contributed by atoms with Crippen LogP contribution in [0.15, 0.2) is 24.3 Å². The number of anilines is 1. The third kappa shape index (κ3) is 5.22. The molecule has 3 N–H and O–H groups in total. The molecule has 0 spiro atoms. The number of hydrogen-bond acceptors (Lipinski definition) is 4. The number of benzene rings is 1. The first-order valence-corrected chi connectivity index (χ1v) is 8.37. The van der Waals surface area contributed by atoms with E-state index in [2.05, 4.69) is 5.32 Å². The van der Waals surface area contributed by atoms with Crippen LogP contribution in [0.1, 0.15) is 38.5 Å². The van der Waals surface area contributed by atoms with Gasteiger partial charge in [-0.2, -0.15) is 0 Å².